The summed E-state index contributed by atoms with van der Waals surface area (Å²) in [5.74, 6) is 1.02. The number of aryl methyl sites for hydroxylation is 1. The van der Waals surface area contributed by atoms with Gasteiger partial charge in [0, 0.05) is 19.3 Å². The average Bonchev–Trinajstić information content (AvgIpc) is 3.20. The van der Waals surface area contributed by atoms with Gasteiger partial charge in [0.05, 0.1) is 5.69 Å². The van der Waals surface area contributed by atoms with Gasteiger partial charge in [0.25, 0.3) is 0 Å². The molecule has 0 N–H and O–H groups in total. The minimum Gasteiger partial charge on any atom is -0.449 e. The van der Waals surface area contributed by atoms with Crippen LogP contribution in [0.4, 0.5) is 0 Å². The first-order valence-corrected chi connectivity index (χ1v) is 9.36. The molecule has 0 unspecified atom stereocenters. The SMILES string of the molecule is CSc1nccc(-c2c(Oc3ccccc3C)c(=O)n3n2CCC3)n1. The van der Waals surface area contributed by atoms with E-state index >= 15 is 0 Å². The first-order valence-electron chi connectivity index (χ1n) is 8.13. The molecule has 0 atom stereocenters. The van der Waals surface area contributed by atoms with Crippen molar-refractivity contribution in [3.8, 4) is 22.9 Å². The predicted molar refractivity (Wildman–Crippen MR) is 97.4 cm³/mol. The molecule has 0 spiro atoms. The Balaban J connectivity index is 1.89. The lowest BCUT2D eigenvalue weighted by Crippen LogP contribution is -2.17. The van der Waals surface area contributed by atoms with Crippen LogP contribution in [0.5, 0.6) is 11.5 Å². The van der Waals surface area contributed by atoms with Crippen LogP contribution in [0.25, 0.3) is 11.4 Å². The summed E-state index contributed by atoms with van der Waals surface area (Å²) in [6.45, 7) is 3.44. The molecular formula is C18H18N4O2S. The molecule has 1 aliphatic rings. The van der Waals surface area contributed by atoms with Crippen LogP contribution >= 0.6 is 11.8 Å². The lowest BCUT2D eigenvalue weighted by atomic mass is 10.2. The second kappa shape index (κ2) is 6.40. The molecule has 1 aromatic carbocycles. The number of ether oxygens (including phenoxy) is 1. The number of fused-ring (bicyclic) bond motifs is 1. The zero-order valence-electron chi connectivity index (χ0n) is 14.1. The molecule has 0 aliphatic carbocycles. The van der Waals surface area contributed by atoms with Crippen LogP contribution < -0.4 is 10.3 Å². The summed E-state index contributed by atoms with van der Waals surface area (Å²) in [4.78, 5) is 21.7. The number of benzene rings is 1. The summed E-state index contributed by atoms with van der Waals surface area (Å²) in [5, 5.41) is 0.672. The Morgan fingerprint density at radius 3 is 2.76 bits per heavy atom. The van der Waals surface area contributed by atoms with E-state index in [4.69, 9.17) is 4.74 Å². The van der Waals surface area contributed by atoms with Crippen molar-refractivity contribution >= 4 is 11.8 Å². The largest absolute Gasteiger partial charge is 0.449 e. The fraction of sp³-hybridized carbons (Fsp3) is 0.278. The molecule has 0 bridgehead atoms. The van der Waals surface area contributed by atoms with Gasteiger partial charge in [-0.3, -0.25) is 9.48 Å². The van der Waals surface area contributed by atoms with Crippen LogP contribution in [0.1, 0.15) is 12.0 Å². The zero-order valence-corrected chi connectivity index (χ0v) is 14.9. The molecule has 0 radical (unpaired) electrons. The quantitative estimate of drug-likeness (QED) is 0.531. The molecule has 6 nitrogen and oxygen atoms in total. The molecular weight excluding hydrogens is 336 g/mol. The van der Waals surface area contributed by atoms with Gasteiger partial charge in [0.2, 0.25) is 5.75 Å². The van der Waals surface area contributed by atoms with Crippen molar-refractivity contribution < 1.29 is 4.74 Å². The summed E-state index contributed by atoms with van der Waals surface area (Å²) in [5.41, 5.74) is 2.31. The van der Waals surface area contributed by atoms with E-state index in [1.165, 1.54) is 11.8 Å². The molecule has 1 aliphatic heterocycles. The summed E-state index contributed by atoms with van der Waals surface area (Å²) in [6.07, 6.45) is 4.59. The molecule has 0 amide bonds. The van der Waals surface area contributed by atoms with Crippen molar-refractivity contribution in [3.63, 3.8) is 0 Å². The van der Waals surface area contributed by atoms with Crippen molar-refractivity contribution in [3.05, 3.63) is 52.4 Å². The van der Waals surface area contributed by atoms with Gasteiger partial charge in [-0.25, -0.2) is 14.6 Å². The minimum absolute atomic E-state index is 0.111. The molecule has 0 fully saturated rings. The molecule has 3 heterocycles. The Kier molecular flexibility index (Phi) is 4.09. The van der Waals surface area contributed by atoms with Crippen LogP contribution in [0, 0.1) is 6.92 Å². The van der Waals surface area contributed by atoms with Gasteiger partial charge >= 0.3 is 5.56 Å². The van der Waals surface area contributed by atoms with Crippen LogP contribution in [0.15, 0.2) is 46.5 Å². The van der Waals surface area contributed by atoms with E-state index < -0.39 is 0 Å². The van der Waals surface area contributed by atoms with E-state index in [0.717, 1.165) is 24.2 Å². The van der Waals surface area contributed by atoms with Gasteiger partial charge in [-0.2, -0.15) is 0 Å². The van der Waals surface area contributed by atoms with Crippen molar-refractivity contribution in [2.24, 2.45) is 0 Å². The summed E-state index contributed by atoms with van der Waals surface area (Å²) >= 11 is 1.47. The fourth-order valence-corrected chi connectivity index (χ4v) is 3.44. The highest BCUT2D eigenvalue weighted by Gasteiger charge is 2.27. The van der Waals surface area contributed by atoms with Crippen molar-refractivity contribution in [1.29, 1.82) is 0 Å². The number of nitrogens with zero attached hydrogens (tertiary/aromatic N) is 4. The predicted octanol–water partition coefficient (Wildman–Crippen LogP) is 3.33. The Hall–Kier alpha value is -2.54. The van der Waals surface area contributed by atoms with Gasteiger partial charge in [-0.1, -0.05) is 30.0 Å². The topological polar surface area (TPSA) is 61.9 Å². The van der Waals surface area contributed by atoms with Gasteiger partial charge < -0.3 is 4.74 Å². The van der Waals surface area contributed by atoms with E-state index in [0.29, 0.717) is 28.9 Å². The highest BCUT2D eigenvalue weighted by molar-refractivity contribution is 7.98. The van der Waals surface area contributed by atoms with Crippen molar-refractivity contribution in [1.82, 2.24) is 19.3 Å². The van der Waals surface area contributed by atoms with Crippen LogP contribution in [0.3, 0.4) is 0 Å². The Morgan fingerprint density at radius 1 is 1.16 bits per heavy atom. The van der Waals surface area contributed by atoms with E-state index in [1.807, 2.05) is 48.2 Å². The Labute approximate surface area is 149 Å². The molecule has 0 saturated carbocycles. The maximum absolute atomic E-state index is 12.9. The molecule has 128 valence electrons. The molecule has 0 saturated heterocycles. The summed E-state index contributed by atoms with van der Waals surface area (Å²) < 4.78 is 9.79. The third-order valence-corrected chi connectivity index (χ3v) is 4.86. The Bertz CT molecular complexity index is 993. The van der Waals surface area contributed by atoms with E-state index in [-0.39, 0.29) is 5.56 Å². The highest BCUT2D eigenvalue weighted by atomic mass is 32.2. The number of thioether (sulfide) groups is 1. The maximum Gasteiger partial charge on any atom is 0.310 e. The number of aromatic nitrogens is 4. The van der Waals surface area contributed by atoms with E-state index in [1.54, 1.807) is 10.9 Å². The number of para-hydroxylation sites is 1. The monoisotopic (exact) mass is 354 g/mol. The first-order chi connectivity index (χ1) is 12.2. The smallest absolute Gasteiger partial charge is 0.310 e. The number of rotatable bonds is 4. The van der Waals surface area contributed by atoms with E-state index in [9.17, 15) is 4.79 Å². The van der Waals surface area contributed by atoms with Crippen molar-refractivity contribution in [2.75, 3.05) is 6.26 Å². The molecule has 7 heteroatoms. The fourth-order valence-electron chi connectivity index (χ4n) is 3.08. The van der Waals surface area contributed by atoms with Gasteiger partial charge in [0.1, 0.15) is 11.4 Å². The van der Waals surface area contributed by atoms with Crippen molar-refractivity contribution in [2.45, 2.75) is 31.6 Å². The summed E-state index contributed by atoms with van der Waals surface area (Å²) in [7, 11) is 0. The molecule has 2 aromatic heterocycles. The molecule has 25 heavy (non-hydrogen) atoms. The number of hydrogen-bond donors (Lipinski definition) is 0. The molecule has 4 rings (SSSR count). The Morgan fingerprint density at radius 2 is 1.96 bits per heavy atom. The normalized spacial score (nSPS) is 13.0. The van der Waals surface area contributed by atoms with Crippen LogP contribution in [-0.4, -0.2) is 25.6 Å². The number of hydrogen-bond acceptors (Lipinski definition) is 5. The summed E-state index contributed by atoms with van der Waals surface area (Å²) in [6, 6.07) is 9.52. The third kappa shape index (κ3) is 2.74. The first kappa shape index (κ1) is 16.0. The van der Waals surface area contributed by atoms with E-state index in [2.05, 4.69) is 9.97 Å². The van der Waals surface area contributed by atoms with Gasteiger partial charge in [0.15, 0.2) is 5.16 Å². The van der Waals surface area contributed by atoms with Crippen LogP contribution in [-0.2, 0) is 13.1 Å². The lowest BCUT2D eigenvalue weighted by Gasteiger charge is -2.10. The lowest BCUT2D eigenvalue weighted by molar-refractivity contribution is 0.472. The molecule has 3 aromatic rings. The van der Waals surface area contributed by atoms with Gasteiger partial charge in [-0.05, 0) is 37.3 Å². The van der Waals surface area contributed by atoms with Crippen LogP contribution in [0.2, 0.25) is 0 Å². The third-order valence-electron chi connectivity index (χ3n) is 4.30. The zero-order chi connectivity index (χ0) is 17.4. The second-order valence-electron chi connectivity index (χ2n) is 5.88. The standard InChI is InChI=1S/C18H18N4O2S/c1-12-6-3-4-7-14(12)24-16-15(13-8-9-19-18(20-13)25-2)21-10-5-11-22(21)17(16)23/h3-4,6-9H,5,10-11H2,1-2H3. The average molecular weight is 354 g/mol. The highest BCUT2D eigenvalue weighted by Crippen LogP contribution is 2.33. The van der Waals surface area contributed by atoms with Gasteiger partial charge in [-0.15, -0.1) is 0 Å². The minimum atomic E-state index is -0.111. The maximum atomic E-state index is 12.9. The second-order valence-corrected chi connectivity index (χ2v) is 6.65.